The van der Waals surface area contributed by atoms with Crippen molar-refractivity contribution in [1.29, 1.82) is 0 Å². The van der Waals surface area contributed by atoms with Crippen molar-refractivity contribution in [2.45, 2.75) is 6.54 Å². The van der Waals surface area contributed by atoms with Gasteiger partial charge in [-0.15, -0.1) is 0 Å². The molecule has 0 radical (unpaired) electrons. The van der Waals surface area contributed by atoms with Crippen LogP contribution in [0.3, 0.4) is 0 Å². The highest BCUT2D eigenvalue weighted by molar-refractivity contribution is 9.10. The van der Waals surface area contributed by atoms with Gasteiger partial charge in [0.05, 0.1) is 12.2 Å². The van der Waals surface area contributed by atoms with Gasteiger partial charge in [0.25, 0.3) is 0 Å². The first-order valence-electron chi connectivity index (χ1n) is 6.00. The summed E-state index contributed by atoms with van der Waals surface area (Å²) in [5.74, 6) is 0.0837. The van der Waals surface area contributed by atoms with Crippen LogP contribution in [0.1, 0.15) is 11.3 Å². The van der Waals surface area contributed by atoms with Gasteiger partial charge in [-0.25, -0.2) is 0 Å². The van der Waals surface area contributed by atoms with Crippen molar-refractivity contribution in [3.63, 3.8) is 0 Å². The van der Waals surface area contributed by atoms with Gasteiger partial charge in [0.1, 0.15) is 0 Å². The lowest BCUT2D eigenvalue weighted by atomic mass is 10.1. The Kier molecular flexibility index (Phi) is 4.57. The quantitative estimate of drug-likeness (QED) is 0.390. The molecule has 20 heavy (non-hydrogen) atoms. The number of rotatable bonds is 4. The number of halogens is 1. The first kappa shape index (κ1) is 14.3. The van der Waals surface area contributed by atoms with Crippen LogP contribution in [0.2, 0.25) is 0 Å². The summed E-state index contributed by atoms with van der Waals surface area (Å²) in [4.78, 5) is 6.30. The fourth-order valence-electron chi connectivity index (χ4n) is 1.91. The SMILES string of the molecule is CN(Cc1ccccn1)c1cc(Br)ccc1/C(N)=N/O. The number of nitrogens with zero attached hydrogens (tertiary/aromatic N) is 3. The zero-order valence-corrected chi connectivity index (χ0v) is 12.6. The lowest BCUT2D eigenvalue weighted by Crippen LogP contribution is -2.23. The monoisotopic (exact) mass is 334 g/mol. The zero-order chi connectivity index (χ0) is 14.5. The summed E-state index contributed by atoms with van der Waals surface area (Å²) in [6.07, 6.45) is 1.76. The molecule has 2 aromatic rings. The molecule has 1 aromatic heterocycles. The van der Waals surface area contributed by atoms with E-state index in [4.69, 9.17) is 10.9 Å². The summed E-state index contributed by atoms with van der Waals surface area (Å²) >= 11 is 3.44. The number of amidine groups is 1. The molecule has 0 bridgehead atoms. The van der Waals surface area contributed by atoms with Crippen molar-refractivity contribution in [3.05, 3.63) is 58.3 Å². The Morgan fingerprint density at radius 3 is 2.85 bits per heavy atom. The van der Waals surface area contributed by atoms with E-state index in [1.165, 1.54) is 0 Å². The van der Waals surface area contributed by atoms with Crippen molar-refractivity contribution >= 4 is 27.5 Å². The maximum Gasteiger partial charge on any atom is 0.172 e. The minimum absolute atomic E-state index is 0.0837. The van der Waals surface area contributed by atoms with Crippen LogP contribution in [-0.2, 0) is 6.54 Å². The van der Waals surface area contributed by atoms with Crippen LogP contribution in [0.15, 0.2) is 52.2 Å². The number of pyridine rings is 1. The van der Waals surface area contributed by atoms with Gasteiger partial charge >= 0.3 is 0 Å². The molecule has 0 saturated heterocycles. The fraction of sp³-hybridized carbons (Fsp3) is 0.143. The van der Waals surface area contributed by atoms with Crippen molar-refractivity contribution in [2.24, 2.45) is 10.9 Å². The van der Waals surface area contributed by atoms with Crippen LogP contribution < -0.4 is 10.6 Å². The minimum Gasteiger partial charge on any atom is -0.409 e. The predicted octanol–water partition coefficient (Wildman–Crippen LogP) is 2.58. The van der Waals surface area contributed by atoms with E-state index in [1.807, 2.05) is 48.3 Å². The molecule has 6 heteroatoms. The van der Waals surface area contributed by atoms with Crippen LogP contribution in [-0.4, -0.2) is 23.1 Å². The Balaban J connectivity index is 2.33. The maximum absolute atomic E-state index is 8.87. The molecule has 5 nitrogen and oxygen atoms in total. The zero-order valence-electron chi connectivity index (χ0n) is 11.0. The van der Waals surface area contributed by atoms with E-state index in [0.29, 0.717) is 12.1 Å². The molecule has 0 aliphatic heterocycles. The molecule has 3 N–H and O–H groups in total. The van der Waals surface area contributed by atoms with Gasteiger partial charge in [-0.05, 0) is 30.3 Å². The first-order valence-corrected chi connectivity index (χ1v) is 6.79. The number of hydrogen-bond donors (Lipinski definition) is 2. The van der Waals surface area contributed by atoms with Gasteiger partial charge in [0, 0.05) is 29.0 Å². The smallest absolute Gasteiger partial charge is 0.172 e. The molecule has 0 amide bonds. The number of aromatic nitrogens is 1. The second kappa shape index (κ2) is 6.38. The van der Waals surface area contributed by atoms with Crippen molar-refractivity contribution in [2.75, 3.05) is 11.9 Å². The molecule has 0 atom stereocenters. The van der Waals surface area contributed by atoms with Crippen LogP contribution in [0.25, 0.3) is 0 Å². The van der Waals surface area contributed by atoms with Crippen LogP contribution in [0, 0.1) is 0 Å². The molecule has 1 heterocycles. The third-order valence-corrected chi connectivity index (χ3v) is 3.37. The van der Waals surface area contributed by atoms with E-state index >= 15 is 0 Å². The lowest BCUT2D eigenvalue weighted by molar-refractivity contribution is 0.318. The predicted molar refractivity (Wildman–Crippen MR) is 83.0 cm³/mol. The summed E-state index contributed by atoms with van der Waals surface area (Å²) in [6.45, 7) is 0.628. The highest BCUT2D eigenvalue weighted by Gasteiger charge is 2.12. The third-order valence-electron chi connectivity index (χ3n) is 2.88. The van der Waals surface area contributed by atoms with Crippen LogP contribution in [0.5, 0.6) is 0 Å². The standard InChI is InChI=1S/C14H15BrN4O/c1-19(9-11-4-2-3-7-17-11)13-8-10(15)5-6-12(13)14(16)18-20/h2-8,20H,9H2,1H3,(H2,16,18). The highest BCUT2D eigenvalue weighted by Crippen LogP contribution is 2.25. The van der Waals surface area contributed by atoms with Crippen LogP contribution >= 0.6 is 15.9 Å². The fourth-order valence-corrected chi connectivity index (χ4v) is 2.26. The summed E-state index contributed by atoms with van der Waals surface area (Å²) in [7, 11) is 1.94. The van der Waals surface area contributed by atoms with Crippen molar-refractivity contribution in [3.8, 4) is 0 Å². The van der Waals surface area contributed by atoms with E-state index < -0.39 is 0 Å². The molecule has 0 saturated carbocycles. The summed E-state index contributed by atoms with van der Waals surface area (Å²) < 4.78 is 0.926. The Labute approximate surface area is 125 Å². The number of nitrogens with two attached hydrogens (primary N) is 1. The van der Waals surface area contributed by atoms with Gasteiger partial charge in [-0.2, -0.15) is 0 Å². The molecule has 0 aliphatic carbocycles. The number of benzene rings is 1. The Hall–Kier alpha value is -2.08. The van der Waals surface area contributed by atoms with Crippen molar-refractivity contribution in [1.82, 2.24) is 4.98 Å². The van der Waals surface area contributed by atoms with Crippen LogP contribution in [0.4, 0.5) is 5.69 Å². The summed E-state index contributed by atoms with van der Waals surface area (Å²) in [6, 6.07) is 11.4. The molecule has 104 valence electrons. The van der Waals surface area contributed by atoms with E-state index in [-0.39, 0.29) is 5.84 Å². The first-order chi connectivity index (χ1) is 9.61. The summed E-state index contributed by atoms with van der Waals surface area (Å²) in [5.41, 5.74) is 8.20. The van der Waals surface area contributed by atoms with Gasteiger partial charge < -0.3 is 15.8 Å². The molecule has 1 aromatic carbocycles. The number of anilines is 1. The molecule has 0 aliphatic rings. The molecular weight excluding hydrogens is 320 g/mol. The topological polar surface area (TPSA) is 74.7 Å². The average Bonchev–Trinajstić information content (AvgIpc) is 2.47. The van der Waals surface area contributed by atoms with Crippen molar-refractivity contribution < 1.29 is 5.21 Å². The Bertz CT molecular complexity index is 616. The van der Waals surface area contributed by atoms with Gasteiger partial charge in [0.15, 0.2) is 5.84 Å². The molecule has 2 rings (SSSR count). The molecular formula is C14H15BrN4O. The Morgan fingerprint density at radius 1 is 1.40 bits per heavy atom. The van der Waals surface area contributed by atoms with Gasteiger partial charge in [-0.3, -0.25) is 4.98 Å². The average molecular weight is 335 g/mol. The number of hydrogen-bond acceptors (Lipinski definition) is 4. The minimum atomic E-state index is 0.0837. The molecule has 0 unspecified atom stereocenters. The highest BCUT2D eigenvalue weighted by atomic mass is 79.9. The van der Waals surface area contributed by atoms with Gasteiger partial charge in [-0.1, -0.05) is 27.2 Å². The lowest BCUT2D eigenvalue weighted by Gasteiger charge is -2.22. The van der Waals surface area contributed by atoms with E-state index in [9.17, 15) is 0 Å². The largest absolute Gasteiger partial charge is 0.409 e. The normalized spacial score (nSPS) is 11.4. The summed E-state index contributed by atoms with van der Waals surface area (Å²) in [5, 5.41) is 11.9. The van der Waals surface area contributed by atoms with Gasteiger partial charge in [0.2, 0.25) is 0 Å². The maximum atomic E-state index is 8.87. The van der Waals surface area contributed by atoms with E-state index in [1.54, 1.807) is 6.20 Å². The second-order valence-electron chi connectivity index (χ2n) is 4.32. The van der Waals surface area contributed by atoms with E-state index in [0.717, 1.165) is 15.9 Å². The molecule has 0 fully saturated rings. The van der Waals surface area contributed by atoms with E-state index in [2.05, 4.69) is 26.1 Å². The number of oxime groups is 1. The third kappa shape index (κ3) is 3.27. The Morgan fingerprint density at radius 2 is 2.20 bits per heavy atom. The molecule has 0 spiro atoms. The second-order valence-corrected chi connectivity index (χ2v) is 5.24.